The second kappa shape index (κ2) is 4.80. The van der Waals surface area contributed by atoms with Gasteiger partial charge in [-0.05, 0) is 6.92 Å². The molecule has 2 heterocycles. The molecule has 94 valence electrons. The van der Waals surface area contributed by atoms with E-state index in [0.29, 0.717) is 13.1 Å². The first-order valence-electron chi connectivity index (χ1n) is 5.39. The zero-order valence-corrected chi connectivity index (χ0v) is 9.51. The van der Waals surface area contributed by atoms with Gasteiger partial charge in [-0.25, -0.2) is 9.37 Å². The molecule has 1 aliphatic rings. The summed E-state index contributed by atoms with van der Waals surface area (Å²) in [5.74, 6) is -0.336. The van der Waals surface area contributed by atoms with Gasteiger partial charge < -0.3 is 20.5 Å². The zero-order valence-electron chi connectivity index (χ0n) is 9.51. The maximum Gasteiger partial charge on any atom is 0.222 e. The van der Waals surface area contributed by atoms with Gasteiger partial charge in [-0.2, -0.15) is 4.98 Å². The lowest BCUT2D eigenvalue weighted by Gasteiger charge is -2.36. The van der Waals surface area contributed by atoms with Gasteiger partial charge in [0.15, 0.2) is 11.6 Å². The lowest BCUT2D eigenvalue weighted by atomic mass is 10.2. The molecule has 2 unspecified atom stereocenters. The van der Waals surface area contributed by atoms with Gasteiger partial charge in [-0.1, -0.05) is 0 Å². The maximum atomic E-state index is 13.6. The van der Waals surface area contributed by atoms with Gasteiger partial charge in [-0.15, -0.1) is 0 Å². The molecule has 2 atom stereocenters. The van der Waals surface area contributed by atoms with Gasteiger partial charge >= 0.3 is 0 Å². The molecule has 1 saturated heterocycles. The van der Waals surface area contributed by atoms with E-state index < -0.39 is 5.82 Å². The second-order valence-corrected chi connectivity index (χ2v) is 4.06. The number of aliphatic hydroxyl groups excluding tert-OH is 1. The SMILES string of the molecule is CC1CN(c2nc(N)ncc2F)CC(CO)O1. The van der Waals surface area contributed by atoms with Gasteiger partial charge in [0, 0.05) is 13.1 Å². The Bertz CT molecular complexity index is 404. The highest BCUT2D eigenvalue weighted by Gasteiger charge is 2.27. The minimum atomic E-state index is -0.523. The predicted molar refractivity (Wildman–Crippen MR) is 60.0 cm³/mol. The highest BCUT2D eigenvalue weighted by atomic mass is 19.1. The van der Waals surface area contributed by atoms with Crippen LogP contribution in [-0.2, 0) is 4.74 Å². The number of anilines is 2. The molecular weight excluding hydrogens is 227 g/mol. The molecule has 7 heteroatoms. The quantitative estimate of drug-likeness (QED) is 0.746. The Hall–Kier alpha value is -1.47. The van der Waals surface area contributed by atoms with E-state index in [1.807, 2.05) is 6.92 Å². The van der Waals surface area contributed by atoms with Crippen molar-refractivity contribution in [2.75, 3.05) is 30.3 Å². The summed E-state index contributed by atoms with van der Waals surface area (Å²) in [5, 5.41) is 9.09. The molecule has 2 rings (SSSR count). The fourth-order valence-electron chi connectivity index (χ4n) is 1.91. The van der Waals surface area contributed by atoms with Crippen LogP contribution in [0.5, 0.6) is 0 Å². The number of nitrogens with zero attached hydrogens (tertiary/aromatic N) is 3. The van der Waals surface area contributed by atoms with Gasteiger partial charge in [0.1, 0.15) is 0 Å². The molecular formula is C10H15FN4O2. The summed E-state index contributed by atoms with van der Waals surface area (Å²) in [7, 11) is 0. The molecule has 0 aromatic carbocycles. The molecule has 1 aromatic rings. The number of hydrogen-bond donors (Lipinski definition) is 2. The van der Waals surface area contributed by atoms with Crippen molar-refractivity contribution >= 4 is 11.8 Å². The van der Waals surface area contributed by atoms with E-state index in [1.165, 1.54) is 0 Å². The van der Waals surface area contributed by atoms with Crippen molar-refractivity contribution in [1.82, 2.24) is 9.97 Å². The van der Waals surface area contributed by atoms with Crippen LogP contribution in [0.25, 0.3) is 0 Å². The molecule has 0 radical (unpaired) electrons. The Morgan fingerprint density at radius 3 is 3.12 bits per heavy atom. The van der Waals surface area contributed by atoms with Crippen molar-refractivity contribution in [3.8, 4) is 0 Å². The molecule has 1 fully saturated rings. The number of ether oxygens (including phenoxy) is 1. The van der Waals surface area contributed by atoms with E-state index in [4.69, 9.17) is 15.6 Å². The number of nitrogen functional groups attached to an aromatic ring is 1. The number of aliphatic hydroxyl groups is 1. The smallest absolute Gasteiger partial charge is 0.222 e. The number of aromatic nitrogens is 2. The van der Waals surface area contributed by atoms with Crippen LogP contribution in [0.4, 0.5) is 16.2 Å². The molecule has 1 aromatic heterocycles. The average Bonchev–Trinajstić information content (AvgIpc) is 2.31. The normalized spacial score (nSPS) is 25.0. The first-order chi connectivity index (χ1) is 8.10. The topological polar surface area (TPSA) is 84.5 Å². The van der Waals surface area contributed by atoms with E-state index in [-0.39, 0.29) is 30.6 Å². The number of hydrogen-bond acceptors (Lipinski definition) is 6. The third-order valence-corrected chi connectivity index (χ3v) is 2.57. The fourth-order valence-corrected chi connectivity index (χ4v) is 1.91. The van der Waals surface area contributed by atoms with Crippen molar-refractivity contribution in [2.45, 2.75) is 19.1 Å². The Balaban J connectivity index is 2.23. The van der Waals surface area contributed by atoms with E-state index in [9.17, 15) is 4.39 Å². The Kier molecular flexibility index (Phi) is 3.39. The largest absolute Gasteiger partial charge is 0.394 e. The van der Waals surface area contributed by atoms with Crippen LogP contribution >= 0.6 is 0 Å². The molecule has 6 nitrogen and oxygen atoms in total. The molecule has 0 bridgehead atoms. The Morgan fingerprint density at radius 1 is 1.65 bits per heavy atom. The first-order valence-corrected chi connectivity index (χ1v) is 5.39. The molecule has 1 aliphatic heterocycles. The number of halogens is 1. The monoisotopic (exact) mass is 242 g/mol. The van der Waals surface area contributed by atoms with Gasteiger partial charge in [0.25, 0.3) is 0 Å². The van der Waals surface area contributed by atoms with E-state index >= 15 is 0 Å². The van der Waals surface area contributed by atoms with Gasteiger partial charge in [-0.3, -0.25) is 0 Å². The molecule has 0 amide bonds. The van der Waals surface area contributed by atoms with Gasteiger partial charge in [0.2, 0.25) is 5.95 Å². The maximum absolute atomic E-state index is 13.6. The van der Waals surface area contributed by atoms with Crippen molar-refractivity contribution in [3.63, 3.8) is 0 Å². The lowest BCUT2D eigenvalue weighted by Crippen LogP contribution is -2.48. The van der Waals surface area contributed by atoms with E-state index in [1.54, 1.807) is 4.90 Å². The highest BCUT2D eigenvalue weighted by molar-refractivity contribution is 5.43. The molecule has 0 aliphatic carbocycles. The van der Waals surface area contributed by atoms with Crippen molar-refractivity contribution in [2.24, 2.45) is 0 Å². The highest BCUT2D eigenvalue weighted by Crippen LogP contribution is 2.21. The van der Waals surface area contributed by atoms with Crippen molar-refractivity contribution < 1.29 is 14.2 Å². The predicted octanol–water partition coefficient (Wildman–Crippen LogP) is -0.216. The van der Waals surface area contributed by atoms with Crippen LogP contribution in [-0.4, -0.2) is 47.0 Å². The summed E-state index contributed by atoms with van der Waals surface area (Å²) in [4.78, 5) is 9.17. The fraction of sp³-hybridized carbons (Fsp3) is 0.600. The van der Waals surface area contributed by atoms with Crippen LogP contribution in [0.1, 0.15) is 6.92 Å². The van der Waals surface area contributed by atoms with E-state index in [0.717, 1.165) is 6.20 Å². The van der Waals surface area contributed by atoms with Crippen LogP contribution in [0, 0.1) is 5.82 Å². The van der Waals surface area contributed by atoms with Crippen LogP contribution in [0.15, 0.2) is 6.20 Å². The Morgan fingerprint density at radius 2 is 2.41 bits per heavy atom. The minimum absolute atomic E-state index is 0.0288. The summed E-state index contributed by atoms with van der Waals surface area (Å²) < 4.78 is 19.1. The molecule has 3 N–H and O–H groups in total. The van der Waals surface area contributed by atoms with Gasteiger partial charge in [0.05, 0.1) is 25.0 Å². The average molecular weight is 242 g/mol. The summed E-state index contributed by atoms with van der Waals surface area (Å²) in [6.45, 7) is 2.64. The van der Waals surface area contributed by atoms with Crippen molar-refractivity contribution in [3.05, 3.63) is 12.0 Å². The molecule has 0 spiro atoms. The third kappa shape index (κ3) is 2.62. The number of morpholine rings is 1. The number of rotatable bonds is 2. The lowest BCUT2D eigenvalue weighted by molar-refractivity contribution is -0.0424. The standard InChI is InChI=1S/C10H15FN4O2/c1-6-3-15(4-7(5-16)17-6)9-8(11)2-13-10(12)14-9/h2,6-7,16H,3-5H2,1H3,(H2,12,13,14). The second-order valence-electron chi connectivity index (χ2n) is 4.06. The van der Waals surface area contributed by atoms with Crippen LogP contribution < -0.4 is 10.6 Å². The third-order valence-electron chi connectivity index (χ3n) is 2.57. The minimum Gasteiger partial charge on any atom is -0.394 e. The van der Waals surface area contributed by atoms with E-state index in [2.05, 4.69) is 9.97 Å². The summed E-state index contributed by atoms with van der Waals surface area (Å²) in [5.41, 5.74) is 5.44. The van der Waals surface area contributed by atoms with Crippen molar-refractivity contribution in [1.29, 1.82) is 0 Å². The summed E-state index contributed by atoms with van der Waals surface area (Å²) in [6, 6.07) is 0. The Labute approximate surface area is 98.2 Å². The summed E-state index contributed by atoms with van der Waals surface area (Å²) >= 11 is 0. The summed E-state index contributed by atoms with van der Waals surface area (Å²) in [6.07, 6.45) is 0.608. The number of nitrogens with two attached hydrogens (primary N) is 1. The van der Waals surface area contributed by atoms with Crippen LogP contribution in [0.3, 0.4) is 0 Å². The molecule has 0 saturated carbocycles. The van der Waals surface area contributed by atoms with Crippen LogP contribution in [0.2, 0.25) is 0 Å². The zero-order chi connectivity index (χ0) is 12.4. The molecule has 17 heavy (non-hydrogen) atoms. The first kappa shape index (κ1) is 12.0.